The summed E-state index contributed by atoms with van der Waals surface area (Å²) in [7, 11) is 0. The Morgan fingerprint density at radius 2 is 2.22 bits per heavy atom. The number of nitrogens with one attached hydrogen (secondary N) is 1. The summed E-state index contributed by atoms with van der Waals surface area (Å²) in [6.07, 6.45) is 1.47. The van der Waals surface area contributed by atoms with Crippen molar-refractivity contribution in [2.24, 2.45) is 5.41 Å². The van der Waals surface area contributed by atoms with Crippen LogP contribution in [0.25, 0.3) is 5.65 Å². The molecule has 0 amide bonds. The maximum absolute atomic E-state index is 11.0. The fourth-order valence-corrected chi connectivity index (χ4v) is 1.57. The van der Waals surface area contributed by atoms with Gasteiger partial charge in [-0.1, -0.05) is 0 Å². The van der Waals surface area contributed by atoms with Gasteiger partial charge in [0.1, 0.15) is 12.1 Å². The fourth-order valence-electron chi connectivity index (χ4n) is 1.57. The van der Waals surface area contributed by atoms with Crippen LogP contribution in [-0.4, -0.2) is 32.2 Å². The number of carbonyl (C=O) groups is 1. The van der Waals surface area contributed by atoms with E-state index in [9.17, 15) is 4.79 Å². The predicted octanol–water partition coefficient (Wildman–Crippen LogP) is 1.56. The number of rotatable bonds is 4. The summed E-state index contributed by atoms with van der Waals surface area (Å²) < 4.78 is 1.66. The van der Waals surface area contributed by atoms with Gasteiger partial charge in [0.15, 0.2) is 5.65 Å². The summed E-state index contributed by atoms with van der Waals surface area (Å²) in [6, 6.07) is 3.83. The molecule has 0 bridgehead atoms. The van der Waals surface area contributed by atoms with E-state index in [-0.39, 0.29) is 0 Å². The Bertz CT molecular complexity index is 589. The highest BCUT2D eigenvalue weighted by atomic mass is 16.4. The first-order chi connectivity index (χ1) is 8.40. The molecule has 0 radical (unpaired) electrons. The minimum absolute atomic E-state index is 0.320. The van der Waals surface area contributed by atoms with Crippen molar-refractivity contribution >= 4 is 17.4 Å². The molecule has 0 fully saturated rings. The van der Waals surface area contributed by atoms with Gasteiger partial charge in [0.25, 0.3) is 0 Å². The molecule has 0 saturated heterocycles. The number of carboxylic acid groups (broad SMARTS) is 1. The Hall–Kier alpha value is -2.11. The summed E-state index contributed by atoms with van der Waals surface area (Å²) in [5.74, 6) is -0.0886. The molecule has 0 aliphatic carbocycles. The van der Waals surface area contributed by atoms with Gasteiger partial charge in [-0.3, -0.25) is 4.79 Å². The highest BCUT2D eigenvalue weighted by molar-refractivity contribution is 5.74. The second-order valence-electron chi connectivity index (χ2n) is 4.99. The zero-order valence-electron chi connectivity index (χ0n) is 10.6. The summed E-state index contributed by atoms with van der Waals surface area (Å²) in [4.78, 5) is 15.2. The smallest absolute Gasteiger partial charge is 0.310 e. The van der Waals surface area contributed by atoms with Gasteiger partial charge < -0.3 is 10.4 Å². The molecule has 2 aromatic rings. The molecule has 0 aliphatic rings. The fraction of sp³-hybridized carbons (Fsp3) is 0.417. The van der Waals surface area contributed by atoms with Crippen molar-refractivity contribution in [3.8, 4) is 0 Å². The molecule has 0 spiro atoms. The van der Waals surface area contributed by atoms with Crippen molar-refractivity contribution in [1.82, 2.24) is 14.6 Å². The molecule has 0 aromatic carbocycles. The average molecular weight is 248 g/mol. The number of aromatic nitrogens is 3. The standard InChI is InChI=1S/C12H16N4O2/c1-8-4-9(13-6-12(2,3)11(17)18)16-10(5-8)14-7-15-16/h4-5,7,13H,6H2,1-3H3,(H,17,18). The number of pyridine rings is 1. The Balaban J connectivity index is 2.27. The normalized spacial score (nSPS) is 11.7. The van der Waals surface area contributed by atoms with E-state index < -0.39 is 11.4 Å². The molecular weight excluding hydrogens is 232 g/mol. The van der Waals surface area contributed by atoms with Crippen molar-refractivity contribution in [1.29, 1.82) is 0 Å². The molecule has 2 heterocycles. The largest absolute Gasteiger partial charge is 0.481 e. The Morgan fingerprint density at radius 3 is 2.89 bits per heavy atom. The van der Waals surface area contributed by atoms with Crippen LogP contribution in [0, 0.1) is 12.3 Å². The van der Waals surface area contributed by atoms with Crippen LogP contribution >= 0.6 is 0 Å². The van der Waals surface area contributed by atoms with Crippen LogP contribution in [0.15, 0.2) is 18.5 Å². The monoisotopic (exact) mass is 248 g/mol. The zero-order valence-corrected chi connectivity index (χ0v) is 10.6. The molecule has 0 atom stereocenters. The van der Waals surface area contributed by atoms with Gasteiger partial charge in [-0.05, 0) is 38.5 Å². The maximum atomic E-state index is 11.0. The van der Waals surface area contributed by atoms with E-state index in [2.05, 4.69) is 15.4 Å². The molecular formula is C12H16N4O2. The molecule has 0 saturated carbocycles. The van der Waals surface area contributed by atoms with Crippen LogP contribution in [0.2, 0.25) is 0 Å². The lowest BCUT2D eigenvalue weighted by atomic mass is 9.94. The molecule has 96 valence electrons. The first kappa shape index (κ1) is 12.3. The summed E-state index contributed by atoms with van der Waals surface area (Å²) in [5, 5.41) is 16.3. The van der Waals surface area contributed by atoms with Crippen molar-refractivity contribution in [3.05, 3.63) is 24.0 Å². The highest BCUT2D eigenvalue weighted by Crippen LogP contribution is 2.18. The third kappa shape index (κ3) is 2.27. The van der Waals surface area contributed by atoms with E-state index in [0.717, 1.165) is 17.0 Å². The van der Waals surface area contributed by atoms with E-state index in [1.807, 2.05) is 19.1 Å². The molecule has 2 aromatic heterocycles. The Labute approximate surface area is 105 Å². The predicted molar refractivity (Wildman–Crippen MR) is 67.6 cm³/mol. The first-order valence-electron chi connectivity index (χ1n) is 5.68. The lowest BCUT2D eigenvalue weighted by Gasteiger charge is -2.20. The lowest BCUT2D eigenvalue weighted by molar-refractivity contribution is -0.146. The van der Waals surface area contributed by atoms with Crippen molar-refractivity contribution in [3.63, 3.8) is 0 Å². The summed E-state index contributed by atoms with van der Waals surface area (Å²) >= 11 is 0. The Morgan fingerprint density at radius 1 is 1.50 bits per heavy atom. The molecule has 2 rings (SSSR count). The molecule has 0 aliphatic heterocycles. The first-order valence-corrected chi connectivity index (χ1v) is 5.68. The number of aliphatic carboxylic acids is 1. The van der Waals surface area contributed by atoms with Crippen LogP contribution < -0.4 is 5.32 Å². The molecule has 2 N–H and O–H groups in total. The second-order valence-corrected chi connectivity index (χ2v) is 4.99. The zero-order chi connectivity index (χ0) is 13.3. The van der Waals surface area contributed by atoms with Crippen molar-refractivity contribution in [2.45, 2.75) is 20.8 Å². The minimum Gasteiger partial charge on any atom is -0.481 e. The highest BCUT2D eigenvalue weighted by Gasteiger charge is 2.27. The lowest BCUT2D eigenvalue weighted by Crippen LogP contribution is -2.32. The van der Waals surface area contributed by atoms with Gasteiger partial charge >= 0.3 is 5.97 Å². The van der Waals surface area contributed by atoms with Crippen LogP contribution in [-0.2, 0) is 4.79 Å². The number of nitrogens with zero attached hydrogens (tertiary/aromatic N) is 3. The summed E-state index contributed by atoms with van der Waals surface area (Å²) in [6.45, 7) is 5.64. The van der Waals surface area contributed by atoms with Gasteiger partial charge in [0.05, 0.1) is 5.41 Å². The van der Waals surface area contributed by atoms with Crippen molar-refractivity contribution < 1.29 is 9.90 Å². The number of hydrogen-bond donors (Lipinski definition) is 2. The van der Waals surface area contributed by atoms with Gasteiger partial charge in [0, 0.05) is 6.54 Å². The summed E-state index contributed by atoms with van der Waals surface area (Å²) in [5.41, 5.74) is 0.952. The van der Waals surface area contributed by atoms with E-state index in [4.69, 9.17) is 5.11 Å². The number of hydrogen-bond acceptors (Lipinski definition) is 4. The number of anilines is 1. The van der Waals surface area contributed by atoms with E-state index in [1.54, 1.807) is 18.4 Å². The molecule has 18 heavy (non-hydrogen) atoms. The maximum Gasteiger partial charge on any atom is 0.310 e. The van der Waals surface area contributed by atoms with E-state index >= 15 is 0 Å². The van der Waals surface area contributed by atoms with Gasteiger partial charge in [0.2, 0.25) is 0 Å². The van der Waals surface area contributed by atoms with Crippen molar-refractivity contribution in [2.75, 3.05) is 11.9 Å². The molecule has 6 heteroatoms. The van der Waals surface area contributed by atoms with Crippen LogP contribution in [0.3, 0.4) is 0 Å². The van der Waals surface area contributed by atoms with E-state index in [1.165, 1.54) is 6.33 Å². The number of fused-ring (bicyclic) bond motifs is 1. The van der Waals surface area contributed by atoms with Crippen LogP contribution in [0.4, 0.5) is 5.82 Å². The third-order valence-corrected chi connectivity index (χ3v) is 2.81. The average Bonchev–Trinajstić information content (AvgIpc) is 2.73. The topological polar surface area (TPSA) is 79.5 Å². The van der Waals surface area contributed by atoms with E-state index in [0.29, 0.717) is 6.54 Å². The number of carboxylic acids is 1. The van der Waals surface area contributed by atoms with Crippen LogP contribution in [0.1, 0.15) is 19.4 Å². The second kappa shape index (κ2) is 4.29. The van der Waals surface area contributed by atoms with Gasteiger partial charge in [-0.15, -0.1) is 0 Å². The van der Waals surface area contributed by atoms with Crippen LogP contribution in [0.5, 0.6) is 0 Å². The third-order valence-electron chi connectivity index (χ3n) is 2.81. The van der Waals surface area contributed by atoms with Gasteiger partial charge in [-0.25, -0.2) is 4.98 Å². The quantitative estimate of drug-likeness (QED) is 0.858. The SMILES string of the molecule is Cc1cc(NCC(C)(C)C(=O)O)n2ncnc2c1. The molecule has 0 unspecified atom stereocenters. The number of aryl methyl sites for hydroxylation is 1. The minimum atomic E-state index is -0.837. The Kier molecular flexibility index (Phi) is 2.94. The molecule has 6 nitrogen and oxygen atoms in total. The van der Waals surface area contributed by atoms with Gasteiger partial charge in [-0.2, -0.15) is 9.61 Å².